The first-order valence-corrected chi connectivity index (χ1v) is 23.3. The highest BCUT2D eigenvalue weighted by atomic mass is 32.2. The smallest absolute Gasteiger partial charge is 0.316 e. The van der Waals surface area contributed by atoms with Crippen molar-refractivity contribution >= 4 is 15.8 Å². The van der Waals surface area contributed by atoms with Gasteiger partial charge in [-0.3, -0.25) is 4.79 Å². The van der Waals surface area contributed by atoms with Crippen LogP contribution in [-0.2, 0) is 14.6 Å². The van der Waals surface area contributed by atoms with Gasteiger partial charge in [-0.05, 0) is 147 Å². The van der Waals surface area contributed by atoms with Crippen molar-refractivity contribution in [2.24, 2.45) is 51.2 Å². The van der Waals surface area contributed by atoms with Crippen LogP contribution in [0.25, 0.3) is 0 Å². The summed E-state index contributed by atoms with van der Waals surface area (Å²) in [5.74, 6) is 3.26. The first-order valence-electron chi connectivity index (χ1n) is 21.4. The molecule has 7 aliphatic rings. The summed E-state index contributed by atoms with van der Waals surface area (Å²) in [6.45, 7) is 14.2. The van der Waals surface area contributed by atoms with Crippen molar-refractivity contribution in [3.63, 3.8) is 0 Å². The molecular weight excluding hydrogens is 697 g/mol. The lowest BCUT2D eigenvalue weighted by Crippen LogP contribution is -2.67. The van der Waals surface area contributed by atoms with Crippen molar-refractivity contribution in [3.05, 3.63) is 41.8 Å². The van der Waals surface area contributed by atoms with Gasteiger partial charge in [0.25, 0.3) is 0 Å². The van der Waals surface area contributed by atoms with Crippen molar-refractivity contribution in [1.29, 1.82) is 0 Å². The van der Waals surface area contributed by atoms with Crippen LogP contribution in [0.3, 0.4) is 0 Å². The van der Waals surface area contributed by atoms with Crippen molar-refractivity contribution in [2.75, 3.05) is 44.3 Å². The number of rotatable bonds is 10. The molecular formula is C44H66N4O5S. The third kappa shape index (κ3) is 6.40. The summed E-state index contributed by atoms with van der Waals surface area (Å²) >= 11 is 0. The zero-order chi connectivity index (χ0) is 38.0. The summed E-state index contributed by atoms with van der Waals surface area (Å²) in [7, 11) is -2.84. The van der Waals surface area contributed by atoms with Gasteiger partial charge in [0.2, 0.25) is 0 Å². The number of carbonyl (C=O) groups is 1. The van der Waals surface area contributed by atoms with E-state index in [0.717, 1.165) is 43.7 Å². The zero-order valence-electron chi connectivity index (χ0n) is 33.5. The number of ether oxygens (including phenoxy) is 1. The van der Waals surface area contributed by atoms with Gasteiger partial charge in [0.1, 0.15) is 0 Å². The van der Waals surface area contributed by atoms with Crippen LogP contribution in [0, 0.1) is 51.2 Å². The second kappa shape index (κ2) is 14.3. The fourth-order valence-corrected chi connectivity index (χ4v) is 15.6. The second-order valence-electron chi connectivity index (χ2n) is 19.6. The Labute approximate surface area is 324 Å². The molecule has 54 heavy (non-hydrogen) atoms. The number of hydrogen-bond donors (Lipinski definition) is 2. The Morgan fingerprint density at radius 2 is 1.70 bits per heavy atom. The van der Waals surface area contributed by atoms with Crippen molar-refractivity contribution in [2.45, 2.75) is 123 Å². The maximum atomic E-state index is 12.6. The maximum Gasteiger partial charge on any atom is 0.316 e. The van der Waals surface area contributed by atoms with Crippen LogP contribution in [0.15, 0.2) is 41.8 Å². The van der Waals surface area contributed by atoms with Crippen LogP contribution in [0.2, 0.25) is 0 Å². The molecule has 2 N–H and O–H groups in total. The number of hydrogen-bond acceptors (Lipinski definition) is 8. The van der Waals surface area contributed by atoms with Gasteiger partial charge in [0, 0.05) is 44.1 Å². The minimum atomic E-state index is -2.84. The molecule has 1 saturated heterocycles. The van der Waals surface area contributed by atoms with Gasteiger partial charge in [-0.1, -0.05) is 46.3 Å². The summed E-state index contributed by atoms with van der Waals surface area (Å²) in [5.41, 5.74) is 3.30. The summed E-state index contributed by atoms with van der Waals surface area (Å²) in [6.07, 6.45) is 23.6. The van der Waals surface area contributed by atoms with Crippen LogP contribution in [0.1, 0.15) is 118 Å². The number of nitrogens with zero attached hydrogens (tertiary/aromatic N) is 3. The Morgan fingerprint density at radius 3 is 2.43 bits per heavy atom. The van der Waals surface area contributed by atoms with Crippen LogP contribution in [-0.4, -0.2) is 84.2 Å². The molecule has 0 bridgehead atoms. The fourth-order valence-electron chi connectivity index (χ4n) is 14.4. The number of allylic oxidation sites excluding steroid dienone is 4. The van der Waals surface area contributed by atoms with E-state index in [0.29, 0.717) is 79.1 Å². The Kier molecular flexibility index (Phi) is 10.2. The molecule has 8 unspecified atom stereocenters. The molecule has 10 heteroatoms. The highest BCUT2D eigenvalue weighted by molar-refractivity contribution is 7.91. The average molecular weight is 763 g/mol. The summed E-state index contributed by atoms with van der Waals surface area (Å²) < 4.78 is 29.7. The van der Waals surface area contributed by atoms with E-state index >= 15 is 0 Å². The lowest BCUT2D eigenvalue weighted by atomic mass is 9.34. The second-order valence-corrected chi connectivity index (χ2v) is 21.9. The molecule has 0 radical (unpaired) electrons. The summed E-state index contributed by atoms with van der Waals surface area (Å²) in [6, 6.07) is 2.04. The molecule has 0 spiro atoms. The summed E-state index contributed by atoms with van der Waals surface area (Å²) in [5, 5.41) is 14.5. The van der Waals surface area contributed by atoms with Gasteiger partial charge in [-0.25, -0.2) is 18.4 Å². The van der Waals surface area contributed by atoms with E-state index in [4.69, 9.17) is 4.74 Å². The fraction of sp³-hybridized carbons (Fsp3) is 0.795. The Balaban J connectivity index is 0.942. The molecule has 5 fully saturated rings. The van der Waals surface area contributed by atoms with Crippen molar-refractivity contribution < 1.29 is 23.1 Å². The van der Waals surface area contributed by atoms with Gasteiger partial charge >= 0.3 is 12.0 Å². The first kappa shape index (κ1) is 38.6. The monoisotopic (exact) mass is 762 g/mol. The predicted molar refractivity (Wildman–Crippen MR) is 212 cm³/mol. The molecule has 1 aromatic heterocycles. The number of fused-ring (bicyclic) bond motifs is 7. The van der Waals surface area contributed by atoms with Crippen LogP contribution >= 0.6 is 0 Å². The van der Waals surface area contributed by atoms with E-state index in [2.05, 4.69) is 60.0 Å². The molecule has 1 aromatic rings. The maximum absolute atomic E-state index is 12.6. The third-order valence-electron chi connectivity index (χ3n) is 17.7. The quantitative estimate of drug-likeness (QED) is 0.250. The molecule has 9 nitrogen and oxygen atoms in total. The van der Waals surface area contributed by atoms with Crippen LogP contribution in [0.4, 0.5) is 0 Å². The van der Waals surface area contributed by atoms with E-state index < -0.39 is 21.2 Å². The van der Waals surface area contributed by atoms with Crippen molar-refractivity contribution in [3.8, 4) is 6.01 Å². The van der Waals surface area contributed by atoms with Crippen LogP contribution in [0.5, 0.6) is 6.01 Å². The van der Waals surface area contributed by atoms with E-state index in [9.17, 15) is 18.3 Å². The highest BCUT2D eigenvalue weighted by Gasteiger charge is 2.68. The zero-order valence-corrected chi connectivity index (χ0v) is 34.3. The topological polar surface area (TPSA) is 122 Å². The number of aliphatic carboxylic acids is 1. The molecule has 4 saturated carbocycles. The molecule has 10 atom stereocenters. The van der Waals surface area contributed by atoms with E-state index in [1.807, 2.05) is 0 Å². The number of carboxylic acid groups (broad SMARTS) is 1. The summed E-state index contributed by atoms with van der Waals surface area (Å²) in [4.78, 5) is 23.2. The normalized spacial score (nSPS) is 43.1. The van der Waals surface area contributed by atoms with E-state index in [1.54, 1.807) is 18.5 Å². The van der Waals surface area contributed by atoms with E-state index in [-0.39, 0.29) is 11.0 Å². The molecule has 0 aromatic carbocycles. The third-order valence-corrected chi connectivity index (χ3v) is 19.3. The molecule has 0 amide bonds. The molecule has 2 heterocycles. The first-order chi connectivity index (χ1) is 25.7. The molecule has 1 aliphatic heterocycles. The van der Waals surface area contributed by atoms with Gasteiger partial charge < -0.3 is 20.1 Å². The highest BCUT2D eigenvalue weighted by Crippen LogP contribution is 2.75. The number of nitrogens with one attached hydrogen (secondary N) is 1. The Morgan fingerprint density at radius 1 is 0.926 bits per heavy atom. The average Bonchev–Trinajstić information content (AvgIpc) is 3.58. The molecule has 8 rings (SSSR count). The number of carboxylic acids is 1. The van der Waals surface area contributed by atoms with Gasteiger partial charge in [0.05, 0.1) is 23.5 Å². The van der Waals surface area contributed by atoms with Crippen molar-refractivity contribution in [1.82, 2.24) is 20.2 Å². The molecule has 6 aliphatic carbocycles. The lowest BCUT2D eigenvalue weighted by molar-refractivity contribution is -0.212. The lowest BCUT2D eigenvalue weighted by Gasteiger charge is -2.71. The van der Waals surface area contributed by atoms with Gasteiger partial charge in [-0.2, -0.15) is 0 Å². The SMILES string of the molecule is CC1C(C2=CCC(CCOc3ncccn3)(C(=O)O)CC2)=CCC2(C)C1CCC1(C)C2CCC2[C@H]3CCCC3(NCCN3CCS(=O)(=O)CC3)CC[C@]21C. The largest absolute Gasteiger partial charge is 0.481 e. The number of aromatic nitrogens is 2. The van der Waals surface area contributed by atoms with Gasteiger partial charge in [-0.15, -0.1) is 0 Å². The number of sulfone groups is 1. The minimum Gasteiger partial charge on any atom is -0.481 e. The van der Waals surface area contributed by atoms with E-state index in [1.165, 1.54) is 68.9 Å². The standard InChI is InChI=1S/C44H66N4O5S/c1-31-33(32-10-17-43(18-11-32,38(49)50)21-28-53-39-45-22-6-23-46-39)12-15-40(2)34(31)13-16-42(4)37(40)9-8-35-36-7-5-14-44(36,20-19-41(35,42)3)47-24-25-48-26-29-54(51,52)30-27-48/h6,10,12,22-23,31,34-37,47H,5,7-9,11,13-21,24-30H2,1-4H3,(H,49,50)/t31?,34?,35?,36-,37?,40?,41-,42?,43?,44?/m1/s1. The Hall–Kier alpha value is -2.30. The molecule has 298 valence electrons. The predicted octanol–water partition coefficient (Wildman–Crippen LogP) is 7.50. The van der Waals surface area contributed by atoms with Gasteiger partial charge in [0.15, 0.2) is 9.84 Å². The van der Waals surface area contributed by atoms with Crippen LogP contribution < -0.4 is 10.1 Å². The Bertz CT molecular complexity index is 1740. The minimum absolute atomic E-state index is 0.253.